The van der Waals surface area contributed by atoms with Crippen molar-refractivity contribution in [1.29, 1.82) is 0 Å². The van der Waals surface area contributed by atoms with Gasteiger partial charge in [-0.2, -0.15) is 0 Å². The molecule has 0 fully saturated rings. The third-order valence-corrected chi connectivity index (χ3v) is 7.98. The fourth-order valence-electron chi connectivity index (χ4n) is 5.82. The minimum absolute atomic E-state index is 0.0989. The third-order valence-electron chi connectivity index (χ3n) is 7.98. The Labute approximate surface area is 259 Å². The summed E-state index contributed by atoms with van der Waals surface area (Å²) in [6.45, 7) is 0.284. The highest BCUT2D eigenvalue weighted by Crippen LogP contribution is 2.41. The highest BCUT2D eigenvalue weighted by atomic mass is 16.5. The minimum atomic E-state index is -0.749. The Balaban J connectivity index is 1.45. The fraction of sp³-hybridized carbons (Fsp3) is 0.167. The monoisotopic (exact) mass is 604 g/mol. The lowest BCUT2D eigenvalue weighted by Crippen LogP contribution is -2.26. The maximum atomic E-state index is 13.6. The Hall–Kier alpha value is -5.70. The molecule has 1 unspecified atom stereocenters. The van der Waals surface area contributed by atoms with Gasteiger partial charge in [0.2, 0.25) is 0 Å². The van der Waals surface area contributed by atoms with Crippen LogP contribution in [0.25, 0.3) is 21.9 Å². The van der Waals surface area contributed by atoms with E-state index in [9.17, 15) is 14.7 Å². The molecule has 2 aromatic heterocycles. The van der Waals surface area contributed by atoms with Crippen LogP contribution in [0, 0.1) is 0 Å². The Bertz CT molecular complexity index is 2080. The smallest absolute Gasteiger partial charge is 0.344 e. The van der Waals surface area contributed by atoms with Crippen molar-refractivity contribution in [1.82, 2.24) is 10.3 Å². The van der Waals surface area contributed by atoms with Gasteiger partial charge in [0, 0.05) is 29.2 Å². The second kappa shape index (κ2) is 12.5. The van der Waals surface area contributed by atoms with Gasteiger partial charge in [0.25, 0.3) is 5.91 Å². The van der Waals surface area contributed by atoms with Crippen LogP contribution >= 0.6 is 0 Å². The van der Waals surface area contributed by atoms with E-state index in [2.05, 4.69) is 10.3 Å². The topological polar surface area (TPSA) is 123 Å². The van der Waals surface area contributed by atoms with Gasteiger partial charge in [-0.1, -0.05) is 42.5 Å². The molecular weight excluding hydrogens is 572 g/mol. The van der Waals surface area contributed by atoms with E-state index in [1.54, 1.807) is 56.7 Å². The van der Waals surface area contributed by atoms with Gasteiger partial charge in [0.1, 0.15) is 28.6 Å². The molecule has 9 heteroatoms. The molecule has 1 atom stereocenters. The molecule has 0 aliphatic heterocycles. The summed E-state index contributed by atoms with van der Waals surface area (Å²) in [5, 5.41) is 16.0. The molecule has 1 amide bonds. The summed E-state index contributed by atoms with van der Waals surface area (Å²) < 4.78 is 21.9. The number of hydrogen-bond donors (Lipinski definition) is 3. The Kier molecular flexibility index (Phi) is 8.16. The first kappa shape index (κ1) is 29.4. The zero-order valence-electron chi connectivity index (χ0n) is 25.0. The van der Waals surface area contributed by atoms with Crippen molar-refractivity contribution in [2.45, 2.75) is 12.3 Å². The number of H-pyrrole nitrogens is 1. The summed E-state index contributed by atoms with van der Waals surface area (Å²) in [5.41, 5.74) is 3.26. The number of methoxy groups -OCH3 is 3. The number of aromatic nitrogens is 1. The highest BCUT2D eigenvalue weighted by Gasteiger charge is 2.30. The minimum Gasteiger partial charge on any atom is -0.507 e. The van der Waals surface area contributed by atoms with E-state index in [4.69, 9.17) is 18.6 Å². The number of para-hydroxylation sites is 2. The largest absolute Gasteiger partial charge is 0.507 e. The molecule has 0 aliphatic carbocycles. The Morgan fingerprint density at radius 3 is 2.38 bits per heavy atom. The van der Waals surface area contributed by atoms with Crippen molar-refractivity contribution in [3.05, 3.63) is 129 Å². The number of carbonyl (C=O) groups excluding carboxylic acids is 1. The third kappa shape index (κ3) is 5.56. The van der Waals surface area contributed by atoms with Crippen molar-refractivity contribution in [2.75, 3.05) is 27.9 Å². The normalized spacial score (nSPS) is 11.8. The van der Waals surface area contributed by atoms with Crippen LogP contribution in [0.15, 0.2) is 100 Å². The Morgan fingerprint density at radius 2 is 1.60 bits per heavy atom. The van der Waals surface area contributed by atoms with Crippen molar-refractivity contribution < 1.29 is 28.5 Å². The molecule has 228 valence electrons. The average molecular weight is 605 g/mol. The summed E-state index contributed by atoms with van der Waals surface area (Å²) in [4.78, 5) is 30.4. The number of carbonyl (C=O) groups is 1. The summed E-state index contributed by atoms with van der Waals surface area (Å²) in [6, 6.07) is 27.1. The van der Waals surface area contributed by atoms with Gasteiger partial charge >= 0.3 is 5.63 Å². The molecule has 9 nitrogen and oxygen atoms in total. The molecule has 0 radical (unpaired) electrons. The maximum Gasteiger partial charge on any atom is 0.344 e. The van der Waals surface area contributed by atoms with Crippen molar-refractivity contribution >= 4 is 27.8 Å². The first-order chi connectivity index (χ1) is 21.9. The molecular formula is C36H32N2O7. The molecule has 0 saturated carbocycles. The van der Waals surface area contributed by atoms with Crippen molar-refractivity contribution in [3.8, 4) is 23.0 Å². The highest BCUT2D eigenvalue weighted by molar-refractivity contribution is 5.97. The number of amides is 1. The predicted octanol–water partition coefficient (Wildman–Crippen LogP) is 6.16. The zero-order chi connectivity index (χ0) is 31.5. The van der Waals surface area contributed by atoms with Crippen LogP contribution in [0.4, 0.5) is 0 Å². The van der Waals surface area contributed by atoms with Gasteiger partial charge in [-0.25, -0.2) is 4.79 Å². The van der Waals surface area contributed by atoms with Crippen LogP contribution in [0.2, 0.25) is 0 Å². The predicted molar refractivity (Wildman–Crippen MR) is 172 cm³/mol. The molecule has 0 aliphatic rings. The fourth-order valence-corrected chi connectivity index (χ4v) is 5.82. The van der Waals surface area contributed by atoms with E-state index >= 15 is 0 Å². The summed E-state index contributed by atoms with van der Waals surface area (Å²) in [7, 11) is 4.62. The molecule has 0 spiro atoms. The van der Waals surface area contributed by atoms with E-state index in [1.807, 2.05) is 48.5 Å². The summed E-state index contributed by atoms with van der Waals surface area (Å²) >= 11 is 0. The average Bonchev–Trinajstić information content (AvgIpc) is 3.43. The molecule has 4 aromatic carbocycles. The molecule has 6 aromatic rings. The van der Waals surface area contributed by atoms with Gasteiger partial charge in [-0.15, -0.1) is 0 Å². The lowest BCUT2D eigenvalue weighted by atomic mass is 9.85. The first-order valence-corrected chi connectivity index (χ1v) is 14.4. The number of hydrogen-bond acceptors (Lipinski definition) is 7. The molecule has 2 heterocycles. The lowest BCUT2D eigenvalue weighted by molar-refractivity contribution is 0.0951. The lowest BCUT2D eigenvalue weighted by Gasteiger charge is -2.20. The summed E-state index contributed by atoms with van der Waals surface area (Å²) in [5.74, 6) is 0.376. The number of rotatable bonds is 10. The second-order valence-electron chi connectivity index (χ2n) is 10.5. The number of nitrogens with one attached hydrogen (secondary N) is 2. The number of fused-ring (bicyclic) bond motifs is 2. The van der Waals surface area contributed by atoms with E-state index in [0.717, 1.165) is 16.5 Å². The SMILES string of the molecule is COc1cccc(C(c2[nH]c3ccccc3c2CCNC(=O)c2ccc(OC)cc2OC)c2c(O)c3ccccc3oc2=O)c1. The maximum absolute atomic E-state index is 13.6. The van der Waals surface area contributed by atoms with Crippen LogP contribution in [0.1, 0.15) is 38.7 Å². The number of aromatic amines is 1. The molecule has 0 saturated heterocycles. The van der Waals surface area contributed by atoms with E-state index in [0.29, 0.717) is 51.5 Å². The zero-order valence-corrected chi connectivity index (χ0v) is 25.0. The van der Waals surface area contributed by atoms with Crippen molar-refractivity contribution in [3.63, 3.8) is 0 Å². The molecule has 45 heavy (non-hydrogen) atoms. The van der Waals surface area contributed by atoms with Gasteiger partial charge in [-0.05, 0) is 60.0 Å². The number of aromatic hydroxyl groups is 1. The van der Waals surface area contributed by atoms with Gasteiger partial charge < -0.3 is 34.0 Å². The van der Waals surface area contributed by atoms with Crippen LogP contribution in [-0.4, -0.2) is 43.9 Å². The van der Waals surface area contributed by atoms with Crippen LogP contribution in [-0.2, 0) is 6.42 Å². The molecule has 3 N–H and O–H groups in total. The van der Waals surface area contributed by atoms with E-state index < -0.39 is 11.5 Å². The van der Waals surface area contributed by atoms with Crippen molar-refractivity contribution in [2.24, 2.45) is 0 Å². The second-order valence-corrected chi connectivity index (χ2v) is 10.5. The van der Waals surface area contributed by atoms with Gasteiger partial charge in [-0.3, -0.25) is 4.79 Å². The number of ether oxygens (including phenoxy) is 3. The van der Waals surface area contributed by atoms with Crippen LogP contribution in [0.3, 0.4) is 0 Å². The Morgan fingerprint density at radius 1 is 0.867 bits per heavy atom. The van der Waals surface area contributed by atoms with Gasteiger partial charge in [0.05, 0.1) is 43.8 Å². The quantitative estimate of drug-likeness (QED) is 0.160. The van der Waals surface area contributed by atoms with Gasteiger partial charge in [0.15, 0.2) is 0 Å². The van der Waals surface area contributed by atoms with E-state index in [-0.39, 0.29) is 23.8 Å². The first-order valence-electron chi connectivity index (χ1n) is 14.4. The standard InChI is InChI=1S/C36H32N2O7/c1-42-22-10-8-9-21(19-22)31(32-34(39)26-12-5-7-14-29(26)45-36(32)41)33-25(24-11-4-6-13-28(24)38-33)17-18-37-35(40)27-16-15-23(43-2)20-30(27)44-3/h4-16,19-20,31,38-39H,17-18H2,1-3H3,(H,37,40). The molecule has 6 rings (SSSR count). The van der Waals surface area contributed by atoms with Crippen LogP contribution in [0.5, 0.6) is 23.0 Å². The van der Waals surface area contributed by atoms with Crippen LogP contribution < -0.4 is 25.2 Å². The van der Waals surface area contributed by atoms with E-state index in [1.165, 1.54) is 7.11 Å². The molecule has 0 bridgehead atoms. The number of benzene rings is 4. The summed E-state index contributed by atoms with van der Waals surface area (Å²) in [6.07, 6.45) is 0.420.